The van der Waals surface area contributed by atoms with Crippen LogP contribution in [0.4, 0.5) is 5.69 Å². The Morgan fingerprint density at radius 2 is 0.909 bits per heavy atom. The van der Waals surface area contributed by atoms with Crippen LogP contribution in [0.2, 0.25) is 0 Å². The summed E-state index contributed by atoms with van der Waals surface area (Å²) in [5, 5.41) is 17.7. The maximum absolute atomic E-state index is 9.24. The highest BCUT2D eigenvalue weighted by Crippen LogP contribution is 2.39. The molecule has 4 nitrogen and oxygen atoms in total. The fourth-order valence-corrected chi connectivity index (χ4v) is 6.38. The molecule has 0 spiro atoms. The third-order valence-electron chi connectivity index (χ3n) is 8.65. The van der Waals surface area contributed by atoms with Gasteiger partial charge in [-0.2, -0.15) is 5.26 Å². The van der Waals surface area contributed by atoms with Crippen molar-refractivity contribution >= 4 is 71.1 Å². The van der Waals surface area contributed by atoms with E-state index in [1.54, 1.807) is 0 Å². The summed E-state index contributed by atoms with van der Waals surface area (Å²) >= 11 is 0. The summed E-state index contributed by atoms with van der Waals surface area (Å²) in [6, 6.07) is 43.3. The van der Waals surface area contributed by atoms with Crippen molar-refractivity contribution in [3.63, 3.8) is 0 Å². The third-order valence-corrected chi connectivity index (χ3v) is 8.65. The zero-order valence-electron chi connectivity index (χ0n) is 23.3. The van der Waals surface area contributed by atoms with Crippen LogP contribution in [0.5, 0.6) is 0 Å². The summed E-state index contributed by atoms with van der Waals surface area (Å²) in [6.45, 7) is 7.29. The average Bonchev–Trinajstić information content (AvgIpc) is 3.62. The average molecular weight is 561 g/mol. The molecule has 0 aliphatic rings. The molecule has 0 bridgehead atoms. The number of fused-ring (bicyclic) bond motifs is 8. The van der Waals surface area contributed by atoms with E-state index in [9.17, 15) is 5.26 Å². The number of furan rings is 2. The van der Waals surface area contributed by atoms with Gasteiger partial charge >= 0.3 is 0 Å². The second-order valence-corrected chi connectivity index (χ2v) is 11.2. The summed E-state index contributed by atoms with van der Waals surface area (Å²) in [7, 11) is 0. The van der Waals surface area contributed by atoms with Crippen LogP contribution in [-0.4, -0.2) is 0 Å². The zero-order valence-corrected chi connectivity index (χ0v) is 23.3. The van der Waals surface area contributed by atoms with Crippen LogP contribution in [-0.2, 0) is 0 Å². The highest BCUT2D eigenvalue weighted by atomic mass is 16.3. The third kappa shape index (κ3) is 3.69. The molecular formula is C40H20N2O2. The van der Waals surface area contributed by atoms with E-state index >= 15 is 0 Å². The van der Waals surface area contributed by atoms with Gasteiger partial charge in [-0.25, -0.2) is 4.85 Å². The number of hydrogen-bond acceptors (Lipinski definition) is 3. The van der Waals surface area contributed by atoms with E-state index in [1.807, 2.05) is 48.5 Å². The lowest BCUT2D eigenvalue weighted by molar-refractivity contribution is 0.664. The summed E-state index contributed by atoms with van der Waals surface area (Å²) in [5.41, 5.74) is 9.04. The first-order chi connectivity index (χ1) is 21.6. The molecule has 0 aliphatic carbocycles. The molecule has 0 aliphatic heterocycles. The molecule has 7 aromatic carbocycles. The summed E-state index contributed by atoms with van der Waals surface area (Å²) in [4.78, 5) is 3.55. The molecule has 0 unspecified atom stereocenters. The first-order valence-corrected chi connectivity index (χ1v) is 14.3. The highest BCUT2D eigenvalue weighted by Gasteiger charge is 2.15. The maximum Gasteiger partial charge on any atom is 0.187 e. The standard InChI is InChI=1S/C40H20N2O2/c1-42-32-11-8-28-16-27(6-7-29(28)17-32)31-10-13-38-34(19-31)36-21-39-35(20-40(36)44-38)33-18-30(9-12-37(33)43-39)26-5-4-24-14-23(22-41)2-3-25(24)15-26/h2-21H. The Kier molecular flexibility index (Phi) is 5.00. The molecule has 9 aromatic rings. The number of nitriles is 1. The maximum atomic E-state index is 9.24. The van der Waals surface area contributed by atoms with Crippen molar-refractivity contribution in [2.75, 3.05) is 0 Å². The molecule has 4 heteroatoms. The van der Waals surface area contributed by atoms with Crippen molar-refractivity contribution in [2.24, 2.45) is 0 Å². The lowest BCUT2D eigenvalue weighted by Crippen LogP contribution is -1.81. The van der Waals surface area contributed by atoms with Crippen LogP contribution in [0.15, 0.2) is 130 Å². The minimum atomic E-state index is 0.647. The lowest BCUT2D eigenvalue weighted by Gasteiger charge is -2.05. The summed E-state index contributed by atoms with van der Waals surface area (Å²) in [5.74, 6) is 0. The Labute approximate surface area is 251 Å². The van der Waals surface area contributed by atoms with Gasteiger partial charge in [-0.05, 0) is 111 Å². The largest absolute Gasteiger partial charge is 0.456 e. The predicted molar refractivity (Wildman–Crippen MR) is 178 cm³/mol. The Morgan fingerprint density at radius 1 is 0.455 bits per heavy atom. The number of rotatable bonds is 2. The number of nitrogens with zero attached hydrogens (tertiary/aromatic N) is 2. The van der Waals surface area contributed by atoms with E-state index in [0.29, 0.717) is 11.3 Å². The minimum Gasteiger partial charge on any atom is -0.456 e. The molecule has 0 saturated heterocycles. The van der Waals surface area contributed by atoms with Crippen LogP contribution >= 0.6 is 0 Å². The van der Waals surface area contributed by atoms with Gasteiger partial charge in [-0.3, -0.25) is 0 Å². The molecule has 2 aromatic heterocycles. The molecule has 202 valence electrons. The monoisotopic (exact) mass is 560 g/mol. The van der Waals surface area contributed by atoms with Gasteiger partial charge in [0.25, 0.3) is 0 Å². The van der Waals surface area contributed by atoms with E-state index in [1.165, 1.54) is 0 Å². The Morgan fingerprint density at radius 3 is 1.48 bits per heavy atom. The van der Waals surface area contributed by atoms with Crippen LogP contribution in [0.3, 0.4) is 0 Å². The Hall–Kier alpha value is -6.36. The SMILES string of the molecule is [C-]#[N+]c1ccc2cc(-c3ccc4oc5cc6c(cc5c4c3)oc3ccc(-c4ccc5cc(C#N)ccc5c4)cc36)ccc2c1. The van der Waals surface area contributed by atoms with Crippen LogP contribution in [0.25, 0.3) is 92.5 Å². The van der Waals surface area contributed by atoms with E-state index in [2.05, 4.69) is 83.7 Å². The predicted octanol–water partition coefficient (Wildman–Crippen LogP) is 11.5. The number of hydrogen-bond donors (Lipinski definition) is 0. The van der Waals surface area contributed by atoms with E-state index in [-0.39, 0.29) is 0 Å². The lowest BCUT2D eigenvalue weighted by atomic mass is 9.98. The van der Waals surface area contributed by atoms with Crippen molar-refractivity contribution in [2.45, 2.75) is 0 Å². The van der Waals surface area contributed by atoms with Crippen LogP contribution in [0, 0.1) is 17.9 Å². The van der Waals surface area contributed by atoms with Crippen molar-refractivity contribution in [3.05, 3.63) is 138 Å². The van der Waals surface area contributed by atoms with Crippen molar-refractivity contribution in [1.29, 1.82) is 5.26 Å². The van der Waals surface area contributed by atoms with Gasteiger partial charge in [0.1, 0.15) is 22.3 Å². The summed E-state index contributed by atoms with van der Waals surface area (Å²) < 4.78 is 12.7. The molecule has 0 fully saturated rings. The second-order valence-electron chi connectivity index (χ2n) is 11.2. The van der Waals surface area contributed by atoms with Crippen LogP contribution in [0.1, 0.15) is 5.56 Å². The van der Waals surface area contributed by atoms with Crippen molar-refractivity contribution in [1.82, 2.24) is 0 Å². The van der Waals surface area contributed by atoms with Gasteiger partial charge < -0.3 is 8.83 Å². The van der Waals surface area contributed by atoms with E-state index in [4.69, 9.17) is 15.4 Å². The van der Waals surface area contributed by atoms with Crippen molar-refractivity contribution < 1.29 is 8.83 Å². The Balaban J connectivity index is 1.15. The smallest absolute Gasteiger partial charge is 0.187 e. The summed E-state index contributed by atoms with van der Waals surface area (Å²) in [6.07, 6.45) is 0. The molecule has 0 saturated carbocycles. The Bertz CT molecular complexity index is 2560. The van der Waals surface area contributed by atoms with Gasteiger partial charge in [0, 0.05) is 21.5 Å². The normalized spacial score (nSPS) is 11.6. The zero-order chi connectivity index (χ0) is 29.4. The molecule has 0 radical (unpaired) electrons. The van der Waals surface area contributed by atoms with Gasteiger partial charge in [-0.1, -0.05) is 54.6 Å². The molecule has 0 amide bonds. The topological polar surface area (TPSA) is 54.4 Å². The van der Waals surface area contributed by atoms with Gasteiger partial charge in [0.05, 0.1) is 18.2 Å². The number of benzene rings is 7. The molecule has 2 heterocycles. The highest BCUT2D eigenvalue weighted by molar-refractivity contribution is 6.15. The van der Waals surface area contributed by atoms with Crippen LogP contribution < -0.4 is 0 Å². The van der Waals surface area contributed by atoms with Gasteiger partial charge in [0.15, 0.2) is 5.69 Å². The van der Waals surface area contributed by atoms with E-state index in [0.717, 1.165) is 87.7 Å². The van der Waals surface area contributed by atoms with E-state index < -0.39 is 0 Å². The van der Waals surface area contributed by atoms with Crippen molar-refractivity contribution in [3.8, 4) is 28.3 Å². The molecule has 0 N–H and O–H groups in total. The second kappa shape index (κ2) is 9.07. The first kappa shape index (κ1) is 24.3. The quantitative estimate of drug-likeness (QED) is 0.198. The van der Waals surface area contributed by atoms with Gasteiger partial charge in [-0.15, -0.1) is 0 Å². The fourth-order valence-electron chi connectivity index (χ4n) is 6.38. The van der Waals surface area contributed by atoms with Gasteiger partial charge in [0.2, 0.25) is 0 Å². The molecule has 9 rings (SSSR count). The first-order valence-electron chi connectivity index (χ1n) is 14.3. The molecular weight excluding hydrogens is 540 g/mol. The minimum absolute atomic E-state index is 0.647. The molecule has 44 heavy (non-hydrogen) atoms. The molecule has 0 atom stereocenters. The fraction of sp³-hybridized carbons (Fsp3) is 0.